The van der Waals surface area contributed by atoms with Gasteiger partial charge in [-0.1, -0.05) is 11.6 Å². The van der Waals surface area contributed by atoms with Crippen molar-refractivity contribution in [3.8, 4) is 11.4 Å². The number of nitrogens with zero attached hydrogens (tertiary/aromatic N) is 2. The SMILES string of the molecule is O=[C]c1cc(-c2ncccc2Cl)n[nH]1. The molecule has 0 saturated carbocycles. The monoisotopic (exact) mass is 206 g/mol. The zero-order valence-electron chi connectivity index (χ0n) is 6.99. The van der Waals surface area contributed by atoms with Crippen LogP contribution < -0.4 is 0 Å². The molecule has 0 aliphatic heterocycles. The van der Waals surface area contributed by atoms with Crippen molar-refractivity contribution in [3.63, 3.8) is 0 Å². The lowest BCUT2D eigenvalue weighted by Gasteiger charge is -1.96. The van der Waals surface area contributed by atoms with Crippen LogP contribution in [-0.2, 0) is 4.79 Å². The summed E-state index contributed by atoms with van der Waals surface area (Å²) in [6.45, 7) is 0. The van der Waals surface area contributed by atoms with Crippen LogP contribution >= 0.6 is 11.6 Å². The van der Waals surface area contributed by atoms with Crippen LogP contribution in [0.25, 0.3) is 11.4 Å². The Morgan fingerprint density at radius 2 is 2.36 bits per heavy atom. The molecular formula is C9H5ClN3O. The van der Waals surface area contributed by atoms with Gasteiger partial charge in [-0.3, -0.25) is 14.9 Å². The smallest absolute Gasteiger partial charge is 0.252 e. The van der Waals surface area contributed by atoms with Crippen molar-refractivity contribution >= 4 is 17.9 Å². The molecule has 5 heteroatoms. The van der Waals surface area contributed by atoms with E-state index in [4.69, 9.17) is 11.6 Å². The van der Waals surface area contributed by atoms with E-state index in [2.05, 4.69) is 15.2 Å². The Balaban J connectivity index is 2.49. The van der Waals surface area contributed by atoms with Gasteiger partial charge < -0.3 is 0 Å². The zero-order chi connectivity index (χ0) is 9.97. The minimum atomic E-state index is 0.279. The van der Waals surface area contributed by atoms with E-state index in [1.54, 1.807) is 30.7 Å². The molecule has 1 radical (unpaired) electrons. The van der Waals surface area contributed by atoms with Crippen LogP contribution in [0.15, 0.2) is 24.4 Å². The van der Waals surface area contributed by atoms with Crippen molar-refractivity contribution < 1.29 is 4.79 Å². The molecule has 0 unspecified atom stereocenters. The molecular weight excluding hydrogens is 202 g/mol. The van der Waals surface area contributed by atoms with E-state index in [1.165, 1.54) is 0 Å². The van der Waals surface area contributed by atoms with Crippen LogP contribution in [0.2, 0.25) is 5.02 Å². The summed E-state index contributed by atoms with van der Waals surface area (Å²) in [5, 5.41) is 6.89. The Kier molecular flexibility index (Phi) is 2.28. The molecule has 0 bridgehead atoms. The van der Waals surface area contributed by atoms with Crippen molar-refractivity contribution in [2.24, 2.45) is 0 Å². The van der Waals surface area contributed by atoms with E-state index < -0.39 is 0 Å². The molecule has 0 aliphatic carbocycles. The first-order chi connectivity index (χ1) is 6.81. The number of hydrogen-bond acceptors (Lipinski definition) is 3. The van der Waals surface area contributed by atoms with Gasteiger partial charge in [-0.2, -0.15) is 5.10 Å². The van der Waals surface area contributed by atoms with Crippen LogP contribution in [-0.4, -0.2) is 21.5 Å². The summed E-state index contributed by atoms with van der Waals surface area (Å²) in [4.78, 5) is 14.3. The maximum absolute atomic E-state index is 10.3. The predicted molar refractivity (Wildman–Crippen MR) is 51.6 cm³/mol. The lowest BCUT2D eigenvalue weighted by atomic mass is 10.2. The van der Waals surface area contributed by atoms with E-state index in [9.17, 15) is 4.79 Å². The quantitative estimate of drug-likeness (QED) is 0.812. The van der Waals surface area contributed by atoms with E-state index >= 15 is 0 Å². The number of pyridine rings is 1. The lowest BCUT2D eigenvalue weighted by molar-refractivity contribution is 0.561. The molecule has 2 heterocycles. The summed E-state index contributed by atoms with van der Waals surface area (Å²) in [6.07, 6.45) is 3.31. The van der Waals surface area contributed by atoms with Crippen molar-refractivity contribution in [1.82, 2.24) is 15.2 Å². The Hall–Kier alpha value is -1.68. The lowest BCUT2D eigenvalue weighted by Crippen LogP contribution is -1.83. The first-order valence-electron chi connectivity index (χ1n) is 3.85. The topological polar surface area (TPSA) is 58.6 Å². The number of H-pyrrole nitrogens is 1. The fourth-order valence-electron chi connectivity index (χ4n) is 1.07. The second-order valence-electron chi connectivity index (χ2n) is 2.60. The second kappa shape index (κ2) is 3.59. The Bertz CT molecular complexity index is 467. The van der Waals surface area contributed by atoms with Gasteiger partial charge in [-0.05, 0) is 18.2 Å². The Morgan fingerprint density at radius 1 is 1.50 bits per heavy atom. The molecule has 14 heavy (non-hydrogen) atoms. The van der Waals surface area contributed by atoms with Gasteiger partial charge in [0.15, 0.2) is 0 Å². The highest BCUT2D eigenvalue weighted by Gasteiger charge is 2.08. The van der Waals surface area contributed by atoms with Crippen molar-refractivity contribution in [2.45, 2.75) is 0 Å². The van der Waals surface area contributed by atoms with Crippen LogP contribution in [0.4, 0.5) is 0 Å². The van der Waals surface area contributed by atoms with Gasteiger partial charge in [-0.15, -0.1) is 0 Å². The van der Waals surface area contributed by atoms with E-state index in [0.29, 0.717) is 16.4 Å². The molecule has 0 atom stereocenters. The third-order valence-corrected chi connectivity index (χ3v) is 1.99. The van der Waals surface area contributed by atoms with Gasteiger partial charge in [0.25, 0.3) is 6.29 Å². The summed E-state index contributed by atoms with van der Waals surface area (Å²) >= 11 is 5.90. The van der Waals surface area contributed by atoms with E-state index in [-0.39, 0.29) is 5.69 Å². The van der Waals surface area contributed by atoms with Gasteiger partial charge in [0.05, 0.1) is 5.02 Å². The normalized spacial score (nSPS) is 10.1. The number of aromatic nitrogens is 3. The fraction of sp³-hybridized carbons (Fsp3) is 0. The molecule has 0 aromatic carbocycles. The predicted octanol–water partition coefficient (Wildman–Crippen LogP) is 1.58. The maximum Gasteiger partial charge on any atom is 0.252 e. The Labute approximate surface area is 84.9 Å². The molecule has 69 valence electrons. The van der Waals surface area contributed by atoms with Crippen LogP contribution in [0.1, 0.15) is 5.69 Å². The van der Waals surface area contributed by atoms with Crippen molar-refractivity contribution in [1.29, 1.82) is 0 Å². The number of halogens is 1. The minimum Gasteiger partial charge on any atom is -0.283 e. The van der Waals surface area contributed by atoms with Crippen LogP contribution in [0.5, 0.6) is 0 Å². The fourth-order valence-corrected chi connectivity index (χ4v) is 1.29. The highest BCUT2D eigenvalue weighted by Crippen LogP contribution is 2.23. The van der Waals surface area contributed by atoms with Gasteiger partial charge >= 0.3 is 0 Å². The van der Waals surface area contributed by atoms with Gasteiger partial charge in [0.2, 0.25) is 0 Å². The molecule has 0 aliphatic rings. The first kappa shape index (κ1) is 8.90. The third kappa shape index (κ3) is 1.52. The molecule has 2 aromatic rings. The molecule has 0 amide bonds. The maximum atomic E-state index is 10.3. The number of hydrogen-bond donors (Lipinski definition) is 1. The molecule has 0 fully saturated rings. The molecule has 2 aromatic heterocycles. The molecule has 1 N–H and O–H groups in total. The average molecular weight is 207 g/mol. The summed E-state index contributed by atoms with van der Waals surface area (Å²) in [7, 11) is 0. The van der Waals surface area contributed by atoms with Crippen LogP contribution in [0.3, 0.4) is 0 Å². The van der Waals surface area contributed by atoms with Gasteiger partial charge in [0.1, 0.15) is 17.1 Å². The third-order valence-electron chi connectivity index (χ3n) is 1.69. The number of rotatable bonds is 2. The minimum absolute atomic E-state index is 0.279. The summed E-state index contributed by atoms with van der Waals surface area (Å²) in [5.74, 6) is 0. The zero-order valence-corrected chi connectivity index (χ0v) is 7.75. The summed E-state index contributed by atoms with van der Waals surface area (Å²) in [6, 6.07) is 4.98. The van der Waals surface area contributed by atoms with Crippen molar-refractivity contribution in [2.75, 3.05) is 0 Å². The van der Waals surface area contributed by atoms with Crippen LogP contribution in [0, 0.1) is 0 Å². The average Bonchev–Trinajstić information content (AvgIpc) is 2.67. The summed E-state index contributed by atoms with van der Waals surface area (Å²) in [5.41, 5.74) is 1.36. The summed E-state index contributed by atoms with van der Waals surface area (Å²) < 4.78 is 0. The Morgan fingerprint density at radius 3 is 3.00 bits per heavy atom. The number of nitrogens with one attached hydrogen (secondary N) is 1. The molecule has 4 nitrogen and oxygen atoms in total. The number of aromatic amines is 1. The molecule has 0 saturated heterocycles. The van der Waals surface area contributed by atoms with E-state index in [0.717, 1.165) is 0 Å². The van der Waals surface area contributed by atoms with Gasteiger partial charge in [0, 0.05) is 6.20 Å². The van der Waals surface area contributed by atoms with Crippen molar-refractivity contribution in [3.05, 3.63) is 35.1 Å². The van der Waals surface area contributed by atoms with Gasteiger partial charge in [-0.25, -0.2) is 0 Å². The largest absolute Gasteiger partial charge is 0.283 e. The first-order valence-corrected chi connectivity index (χ1v) is 4.23. The molecule has 2 rings (SSSR count). The molecule has 0 spiro atoms. The van der Waals surface area contributed by atoms with E-state index in [1.807, 2.05) is 0 Å². The highest BCUT2D eigenvalue weighted by atomic mass is 35.5. The highest BCUT2D eigenvalue weighted by molar-refractivity contribution is 6.32. The second-order valence-corrected chi connectivity index (χ2v) is 3.01. The number of carbonyl (C=O) groups excluding carboxylic acids is 1. The standard InChI is InChI=1S/C9H5ClN3O/c10-7-2-1-3-11-9(7)8-4-6(5-14)12-13-8/h1-4H,(H,12,13).